The van der Waals surface area contributed by atoms with Gasteiger partial charge in [0.25, 0.3) is 0 Å². The molecule has 3 aromatic carbocycles. The van der Waals surface area contributed by atoms with Crippen LogP contribution in [0.3, 0.4) is 0 Å². The molecule has 1 heterocycles. The first kappa shape index (κ1) is 16.2. The van der Waals surface area contributed by atoms with Crippen molar-refractivity contribution in [1.82, 2.24) is 0 Å². The summed E-state index contributed by atoms with van der Waals surface area (Å²) < 4.78 is 16.5. The van der Waals surface area contributed by atoms with E-state index in [9.17, 15) is 4.79 Å². The van der Waals surface area contributed by atoms with Gasteiger partial charge in [-0.1, -0.05) is 42.5 Å². The molecule has 1 aromatic heterocycles. The molecule has 4 nitrogen and oxygen atoms in total. The van der Waals surface area contributed by atoms with E-state index in [-0.39, 0.29) is 12.4 Å². The van der Waals surface area contributed by atoms with Crippen molar-refractivity contribution in [2.75, 3.05) is 7.11 Å². The number of ether oxygens (including phenoxy) is 2. The summed E-state index contributed by atoms with van der Waals surface area (Å²) in [5.41, 5.74) is 2.36. The maximum Gasteiger partial charge on any atom is 0.374 e. The number of carbonyl (C=O) groups excluding carboxylic acids is 1. The van der Waals surface area contributed by atoms with Gasteiger partial charge < -0.3 is 13.9 Å². The maximum atomic E-state index is 12.6. The Bertz CT molecular complexity index is 1100. The molecule has 0 fully saturated rings. The van der Waals surface area contributed by atoms with Crippen LogP contribution in [0.5, 0.6) is 5.75 Å². The second kappa shape index (κ2) is 6.56. The molecule has 130 valence electrons. The molecule has 4 heteroatoms. The van der Waals surface area contributed by atoms with Gasteiger partial charge in [-0.15, -0.1) is 0 Å². The van der Waals surface area contributed by atoms with Gasteiger partial charge in [0, 0.05) is 10.9 Å². The van der Waals surface area contributed by atoms with Crippen LogP contribution in [0.25, 0.3) is 21.7 Å². The van der Waals surface area contributed by atoms with E-state index in [0.29, 0.717) is 5.58 Å². The highest BCUT2D eigenvalue weighted by Gasteiger charge is 2.19. The molecule has 0 aliphatic rings. The lowest BCUT2D eigenvalue weighted by molar-refractivity contribution is 0.0439. The number of hydrogen-bond donors (Lipinski definition) is 0. The molecule has 4 aromatic rings. The summed E-state index contributed by atoms with van der Waals surface area (Å²) in [6.45, 7) is 2.04. The van der Waals surface area contributed by atoms with Crippen molar-refractivity contribution < 1.29 is 18.7 Å². The van der Waals surface area contributed by atoms with Gasteiger partial charge in [-0.2, -0.15) is 0 Å². The SMILES string of the molecule is COc1ccc2oc(C(=O)OCc3cccc4ccccc34)c(C)c2c1. The minimum absolute atomic E-state index is 0.194. The Morgan fingerprint density at radius 3 is 2.65 bits per heavy atom. The molecule has 0 atom stereocenters. The van der Waals surface area contributed by atoms with Gasteiger partial charge in [0.2, 0.25) is 5.76 Å². The fourth-order valence-electron chi connectivity index (χ4n) is 3.15. The van der Waals surface area contributed by atoms with Crippen LogP contribution in [0.1, 0.15) is 21.7 Å². The second-order valence-electron chi connectivity index (χ2n) is 6.13. The molecular formula is C22H18O4. The van der Waals surface area contributed by atoms with Gasteiger partial charge >= 0.3 is 5.97 Å². The van der Waals surface area contributed by atoms with E-state index in [0.717, 1.165) is 33.0 Å². The monoisotopic (exact) mass is 346 g/mol. The first-order chi connectivity index (χ1) is 12.7. The molecule has 0 bridgehead atoms. The van der Waals surface area contributed by atoms with E-state index in [2.05, 4.69) is 0 Å². The van der Waals surface area contributed by atoms with Crippen LogP contribution < -0.4 is 4.74 Å². The summed E-state index contributed by atoms with van der Waals surface area (Å²) in [5.74, 6) is 0.483. The quantitative estimate of drug-likeness (QED) is 0.473. The van der Waals surface area contributed by atoms with Crippen molar-refractivity contribution >= 4 is 27.7 Å². The van der Waals surface area contributed by atoms with Crippen molar-refractivity contribution in [2.24, 2.45) is 0 Å². The third kappa shape index (κ3) is 2.80. The van der Waals surface area contributed by atoms with Crippen LogP contribution in [-0.4, -0.2) is 13.1 Å². The molecule has 0 N–H and O–H groups in total. The Morgan fingerprint density at radius 2 is 1.81 bits per heavy atom. The summed E-state index contributed by atoms with van der Waals surface area (Å²) in [5, 5.41) is 3.04. The number of methoxy groups -OCH3 is 1. The number of fused-ring (bicyclic) bond motifs is 2. The number of esters is 1. The number of rotatable bonds is 4. The Labute approximate surface area is 150 Å². The number of benzene rings is 3. The fraction of sp³-hybridized carbons (Fsp3) is 0.136. The molecule has 0 aliphatic heterocycles. The molecule has 26 heavy (non-hydrogen) atoms. The zero-order chi connectivity index (χ0) is 18.1. The van der Waals surface area contributed by atoms with Gasteiger partial charge in [-0.25, -0.2) is 4.79 Å². The van der Waals surface area contributed by atoms with Crippen molar-refractivity contribution in [1.29, 1.82) is 0 Å². The van der Waals surface area contributed by atoms with Crippen LogP contribution in [0, 0.1) is 6.92 Å². The van der Waals surface area contributed by atoms with Gasteiger partial charge in [0.15, 0.2) is 0 Å². The van der Waals surface area contributed by atoms with Crippen molar-refractivity contribution in [3.8, 4) is 5.75 Å². The van der Waals surface area contributed by atoms with Crippen molar-refractivity contribution in [2.45, 2.75) is 13.5 Å². The summed E-state index contributed by atoms with van der Waals surface area (Å²) in [6.07, 6.45) is 0. The molecule has 4 rings (SSSR count). The lowest BCUT2D eigenvalue weighted by atomic mass is 10.1. The Balaban J connectivity index is 1.60. The minimum atomic E-state index is -0.467. The first-order valence-corrected chi connectivity index (χ1v) is 8.38. The van der Waals surface area contributed by atoms with Gasteiger partial charge in [0.1, 0.15) is 17.9 Å². The van der Waals surface area contributed by atoms with Crippen LogP contribution >= 0.6 is 0 Å². The zero-order valence-corrected chi connectivity index (χ0v) is 14.6. The third-order valence-electron chi connectivity index (χ3n) is 4.57. The highest BCUT2D eigenvalue weighted by atomic mass is 16.5. The average molecular weight is 346 g/mol. The van der Waals surface area contributed by atoms with Crippen molar-refractivity contribution in [3.05, 3.63) is 77.6 Å². The number of carbonyl (C=O) groups is 1. The zero-order valence-electron chi connectivity index (χ0n) is 14.6. The van der Waals surface area contributed by atoms with Crippen LogP contribution in [0.4, 0.5) is 0 Å². The first-order valence-electron chi connectivity index (χ1n) is 8.38. The predicted molar refractivity (Wildman–Crippen MR) is 101 cm³/mol. The molecule has 0 spiro atoms. The van der Waals surface area contributed by atoms with Gasteiger partial charge in [0.05, 0.1) is 7.11 Å². The highest BCUT2D eigenvalue weighted by Crippen LogP contribution is 2.29. The van der Waals surface area contributed by atoms with E-state index < -0.39 is 5.97 Å². The summed E-state index contributed by atoms with van der Waals surface area (Å²) in [4.78, 5) is 12.6. The fourth-order valence-corrected chi connectivity index (χ4v) is 3.15. The van der Waals surface area contributed by atoms with Crippen LogP contribution in [0.15, 0.2) is 65.1 Å². The van der Waals surface area contributed by atoms with Gasteiger partial charge in [-0.3, -0.25) is 0 Å². The summed E-state index contributed by atoms with van der Waals surface area (Å²) in [7, 11) is 1.61. The number of hydrogen-bond acceptors (Lipinski definition) is 4. The molecule has 0 saturated heterocycles. The second-order valence-corrected chi connectivity index (χ2v) is 6.13. The molecular weight excluding hydrogens is 328 g/mol. The summed E-state index contributed by atoms with van der Waals surface area (Å²) in [6, 6.07) is 19.5. The van der Waals surface area contributed by atoms with Crippen molar-refractivity contribution in [3.63, 3.8) is 0 Å². The van der Waals surface area contributed by atoms with Crippen LogP contribution in [-0.2, 0) is 11.3 Å². The molecule has 0 radical (unpaired) electrons. The lowest BCUT2D eigenvalue weighted by Crippen LogP contribution is -2.05. The third-order valence-corrected chi connectivity index (χ3v) is 4.57. The highest BCUT2D eigenvalue weighted by molar-refractivity contribution is 5.96. The standard InChI is InChI=1S/C22H18O4/c1-14-19-12-17(24-2)10-11-20(19)26-21(14)22(23)25-13-16-8-5-7-15-6-3-4-9-18(15)16/h3-12H,13H2,1-2H3. The van der Waals surface area contributed by atoms with E-state index in [1.165, 1.54) is 0 Å². The maximum absolute atomic E-state index is 12.6. The largest absolute Gasteiger partial charge is 0.497 e. The Morgan fingerprint density at radius 1 is 1.00 bits per heavy atom. The van der Waals surface area contributed by atoms with E-state index in [1.54, 1.807) is 19.2 Å². The van der Waals surface area contributed by atoms with E-state index >= 15 is 0 Å². The smallest absolute Gasteiger partial charge is 0.374 e. The Kier molecular flexibility index (Phi) is 4.09. The topological polar surface area (TPSA) is 48.7 Å². The summed E-state index contributed by atoms with van der Waals surface area (Å²) >= 11 is 0. The average Bonchev–Trinajstić information content (AvgIpc) is 3.02. The van der Waals surface area contributed by atoms with Gasteiger partial charge in [-0.05, 0) is 41.5 Å². The van der Waals surface area contributed by atoms with E-state index in [1.807, 2.05) is 55.5 Å². The minimum Gasteiger partial charge on any atom is -0.497 e. The van der Waals surface area contributed by atoms with E-state index in [4.69, 9.17) is 13.9 Å². The molecule has 0 aliphatic carbocycles. The molecule has 0 saturated carbocycles. The molecule has 0 unspecified atom stereocenters. The normalized spacial score (nSPS) is 11.0. The lowest BCUT2D eigenvalue weighted by Gasteiger charge is -2.07. The van der Waals surface area contributed by atoms with Crippen LogP contribution in [0.2, 0.25) is 0 Å². The number of aryl methyl sites for hydroxylation is 1. The predicted octanol–water partition coefficient (Wildman–Crippen LogP) is 5.26. The Hall–Kier alpha value is -3.27. The number of furan rings is 1. The molecule has 0 amide bonds.